The van der Waals surface area contributed by atoms with Crippen LogP contribution >= 0.6 is 0 Å². The average molecular weight is 187 g/mol. The number of carbonyl (C=O) groups is 1. The number of carbonyl (C=O) groups excluding carboxylic acids is 1. The Morgan fingerprint density at radius 2 is 2.00 bits per heavy atom. The number of nitrogens with zero attached hydrogens (tertiary/aromatic N) is 1. The molecule has 0 unspecified atom stereocenters. The Balaban J connectivity index is 2.59. The van der Waals surface area contributed by atoms with Crippen LogP contribution in [0.3, 0.4) is 0 Å². The van der Waals surface area contributed by atoms with Gasteiger partial charge in [-0.15, -0.1) is 0 Å². The van der Waals surface area contributed by atoms with Crippen molar-refractivity contribution in [2.75, 3.05) is 7.11 Å². The van der Waals surface area contributed by atoms with Gasteiger partial charge in [-0.2, -0.15) is 0 Å². The SMILES string of the molecule is CO/N=C1/C(=O)C=Cc2ccccc21. The molecular weight excluding hydrogens is 178 g/mol. The van der Waals surface area contributed by atoms with E-state index in [9.17, 15) is 4.79 Å². The highest BCUT2D eigenvalue weighted by Crippen LogP contribution is 2.17. The van der Waals surface area contributed by atoms with Crippen LogP contribution < -0.4 is 0 Å². The van der Waals surface area contributed by atoms with Gasteiger partial charge in [0, 0.05) is 5.56 Å². The van der Waals surface area contributed by atoms with Crippen molar-refractivity contribution in [2.24, 2.45) is 5.16 Å². The van der Waals surface area contributed by atoms with Gasteiger partial charge in [0.15, 0.2) is 5.71 Å². The maximum absolute atomic E-state index is 11.4. The van der Waals surface area contributed by atoms with Crippen LogP contribution in [-0.2, 0) is 9.63 Å². The van der Waals surface area contributed by atoms with E-state index in [0.29, 0.717) is 5.71 Å². The molecule has 0 N–H and O–H groups in total. The molecule has 14 heavy (non-hydrogen) atoms. The lowest BCUT2D eigenvalue weighted by Crippen LogP contribution is -2.17. The van der Waals surface area contributed by atoms with Crippen LogP contribution in [-0.4, -0.2) is 18.6 Å². The fourth-order valence-electron chi connectivity index (χ4n) is 1.42. The standard InChI is InChI=1S/C11H9NO2/c1-14-12-11-9-5-3-2-4-8(9)6-7-10(11)13/h2-7H,1H3/b12-11+. The molecule has 70 valence electrons. The Kier molecular flexibility index (Phi) is 2.14. The Morgan fingerprint density at radius 3 is 2.79 bits per heavy atom. The first-order chi connectivity index (χ1) is 6.83. The van der Waals surface area contributed by atoms with E-state index in [-0.39, 0.29) is 5.78 Å². The van der Waals surface area contributed by atoms with Crippen LogP contribution in [0.25, 0.3) is 6.08 Å². The van der Waals surface area contributed by atoms with Crippen molar-refractivity contribution in [1.29, 1.82) is 0 Å². The van der Waals surface area contributed by atoms with Crippen LogP contribution in [0.5, 0.6) is 0 Å². The van der Waals surface area contributed by atoms with Gasteiger partial charge in [0.2, 0.25) is 5.78 Å². The summed E-state index contributed by atoms with van der Waals surface area (Å²) in [5, 5.41) is 3.72. The van der Waals surface area contributed by atoms with Gasteiger partial charge in [0.05, 0.1) is 0 Å². The smallest absolute Gasteiger partial charge is 0.208 e. The molecular formula is C11H9NO2. The molecule has 0 heterocycles. The van der Waals surface area contributed by atoms with Gasteiger partial charge in [-0.3, -0.25) is 4.79 Å². The minimum absolute atomic E-state index is 0.120. The summed E-state index contributed by atoms with van der Waals surface area (Å²) < 4.78 is 0. The number of benzene rings is 1. The van der Waals surface area contributed by atoms with Gasteiger partial charge in [-0.25, -0.2) is 0 Å². The number of rotatable bonds is 1. The van der Waals surface area contributed by atoms with Crippen LogP contribution in [0, 0.1) is 0 Å². The number of allylic oxidation sites excluding steroid dienone is 1. The highest BCUT2D eigenvalue weighted by molar-refractivity contribution is 6.52. The Labute approximate surface area is 81.7 Å². The van der Waals surface area contributed by atoms with Gasteiger partial charge in [0.25, 0.3) is 0 Å². The van der Waals surface area contributed by atoms with E-state index in [1.165, 1.54) is 13.2 Å². The highest BCUT2D eigenvalue weighted by atomic mass is 16.6. The summed E-state index contributed by atoms with van der Waals surface area (Å²) in [6, 6.07) is 7.58. The molecule has 0 aromatic heterocycles. The molecule has 0 saturated heterocycles. The minimum atomic E-state index is -0.120. The molecule has 3 nitrogen and oxygen atoms in total. The first kappa shape index (κ1) is 8.69. The van der Waals surface area contributed by atoms with Crippen molar-refractivity contribution >= 4 is 17.6 Å². The molecule has 0 amide bonds. The van der Waals surface area contributed by atoms with Gasteiger partial charge < -0.3 is 4.84 Å². The summed E-state index contributed by atoms with van der Waals surface area (Å²) in [5.41, 5.74) is 2.18. The predicted octanol–water partition coefficient (Wildman–Crippen LogP) is 1.63. The molecule has 0 atom stereocenters. The first-order valence-electron chi connectivity index (χ1n) is 4.26. The predicted molar refractivity (Wildman–Crippen MR) is 54.0 cm³/mol. The molecule has 0 spiro atoms. The largest absolute Gasteiger partial charge is 0.399 e. The van der Waals surface area contributed by atoms with Gasteiger partial charge in [-0.1, -0.05) is 35.5 Å². The van der Waals surface area contributed by atoms with E-state index in [4.69, 9.17) is 0 Å². The lowest BCUT2D eigenvalue weighted by molar-refractivity contribution is -0.109. The average Bonchev–Trinajstić information content (AvgIpc) is 2.23. The van der Waals surface area contributed by atoms with Gasteiger partial charge in [-0.05, 0) is 11.6 Å². The highest BCUT2D eigenvalue weighted by Gasteiger charge is 2.18. The summed E-state index contributed by atoms with van der Waals surface area (Å²) in [7, 11) is 1.43. The number of hydrogen-bond donors (Lipinski definition) is 0. The van der Waals surface area contributed by atoms with Crippen molar-refractivity contribution in [3.05, 3.63) is 41.5 Å². The molecule has 1 aromatic rings. The van der Waals surface area contributed by atoms with E-state index >= 15 is 0 Å². The third-order valence-electron chi connectivity index (χ3n) is 2.05. The van der Waals surface area contributed by atoms with Crippen molar-refractivity contribution in [1.82, 2.24) is 0 Å². The molecule has 0 saturated carbocycles. The monoisotopic (exact) mass is 187 g/mol. The summed E-state index contributed by atoms with van der Waals surface area (Å²) >= 11 is 0. The van der Waals surface area contributed by atoms with Gasteiger partial charge >= 0.3 is 0 Å². The third-order valence-corrected chi connectivity index (χ3v) is 2.05. The number of hydrogen-bond acceptors (Lipinski definition) is 3. The second-order valence-corrected chi connectivity index (χ2v) is 2.91. The normalized spacial score (nSPS) is 16.9. The summed E-state index contributed by atoms with van der Waals surface area (Å²) in [6.45, 7) is 0. The van der Waals surface area contributed by atoms with E-state index in [1.807, 2.05) is 24.3 Å². The summed E-state index contributed by atoms with van der Waals surface area (Å²) in [6.07, 6.45) is 3.28. The Morgan fingerprint density at radius 1 is 1.21 bits per heavy atom. The molecule has 0 radical (unpaired) electrons. The maximum Gasteiger partial charge on any atom is 0.208 e. The Bertz CT molecular complexity index is 433. The van der Waals surface area contributed by atoms with Crippen molar-refractivity contribution < 1.29 is 9.63 Å². The van der Waals surface area contributed by atoms with Crippen molar-refractivity contribution in [3.8, 4) is 0 Å². The number of ketones is 1. The van der Waals surface area contributed by atoms with Crippen molar-refractivity contribution in [2.45, 2.75) is 0 Å². The molecule has 2 rings (SSSR count). The first-order valence-corrected chi connectivity index (χ1v) is 4.26. The van der Waals surface area contributed by atoms with Gasteiger partial charge in [0.1, 0.15) is 7.11 Å². The summed E-state index contributed by atoms with van der Waals surface area (Å²) in [5.74, 6) is -0.120. The third kappa shape index (κ3) is 1.33. The molecule has 0 aliphatic heterocycles. The molecule has 3 heteroatoms. The fraction of sp³-hybridized carbons (Fsp3) is 0.0909. The second kappa shape index (κ2) is 3.46. The molecule has 1 aliphatic carbocycles. The van der Waals surface area contributed by atoms with E-state index in [0.717, 1.165) is 11.1 Å². The zero-order chi connectivity index (χ0) is 9.97. The van der Waals surface area contributed by atoms with E-state index in [2.05, 4.69) is 9.99 Å². The maximum atomic E-state index is 11.4. The second-order valence-electron chi connectivity index (χ2n) is 2.91. The number of oxime groups is 1. The fourth-order valence-corrected chi connectivity index (χ4v) is 1.42. The van der Waals surface area contributed by atoms with Crippen molar-refractivity contribution in [3.63, 3.8) is 0 Å². The van der Waals surface area contributed by atoms with E-state index < -0.39 is 0 Å². The van der Waals surface area contributed by atoms with Crippen LogP contribution in [0.1, 0.15) is 11.1 Å². The minimum Gasteiger partial charge on any atom is -0.399 e. The molecule has 0 bridgehead atoms. The van der Waals surface area contributed by atoms with E-state index in [1.54, 1.807) is 6.08 Å². The zero-order valence-corrected chi connectivity index (χ0v) is 7.73. The molecule has 1 aliphatic rings. The molecule has 1 aromatic carbocycles. The Hall–Kier alpha value is -1.90. The molecule has 0 fully saturated rings. The van der Waals surface area contributed by atoms with Crippen LogP contribution in [0.15, 0.2) is 35.5 Å². The van der Waals surface area contributed by atoms with Crippen LogP contribution in [0.4, 0.5) is 0 Å². The summed E-state index contributed by atoms with van der Waals surface area (Å²) in [4.78, 5) is 16.1. The lowest BCUT2D eigenvalue weighted by atomic mass is 9.95. The lowest BCUT2D eigenvalue weighted by Gasteiger charge is -2.10. The van der Waals surface area contributed by atoms with Crippen LogP contribution in [0.2, 0.25) is 0 Å². The topological polar surface area (TPSA) is 38.7 Å². The zero-order valence-electron chi connectivity index (χ0n) is 7.73. The quantitative estimate of drug-likeness (QED) is 0.627. The number of fused-ring (bicyclic) bond motifs is 1.